The Kier molecular flexibility index (Phi) is 6.01. The minimum absolute atomic E-state index is 0.276. The Morgan fingerprint density at radius 3 is 2.50 bits per heavy atom. The Morgan fingerprint density at radius 1 is 1.45 bits per heavy atom. The number of carboxylic acid groups (broad SMARTS) is 1. The second kappa shape index (κ2) is 7.28. The summed E-state index contributed by atoms with van der Waals surface area (Å²) in [5, 5.41) is 13.7. The summed E-state index contributed by atoms with van der Waals surface area (Å²) in [7, 11) is 3.44. The lowest BCUT2D eigenvalue weighted by Gasteiger charge is -2.32. The van der Waals surface area contributed by atoms with Gasteiger partial charge in [0.1, 0.15) is 11.4 Å². The van der Waals surface area contributed by atoms with Gasteiger partial charge in [0.05, 0.1) is 12.3 Å². The van der Waals surface area contributed by atoms with E-state index < -0.39 is 5.97 Å². The van der Waals surface area contributed by atoms with Gasteiger partial charge in [-0.1, -0.05) is 13.8 Å². The van der Waals surface area contributed by atoms with Crippen molar-refractivity contribution < 1.29 is 14.6 Å². The number of aromatic nitrogens is 2. The fraction of sp³-hybridized carbons (Fsp3) is 0.714. The van der Waals surface area contributed by atoms with Crippen LogP contribution in [0.3, 0.4) is 0 Å². The Balaban J connectivity index is 3.28. The smallest absolute Gasteiger partial charge is 0.341 e. The van der Waals surface area contributed by atoms with E-state index in [1.165, 1.54) is 0 Å². The summed E-state index contributed by atoms with van der Waals surface area (Å²) in [6.07, 6.45) is 1.90. The van der Waals surface area contributed by atoms with E-state index in [0.29, 0.717) is 24.7 Å². The second-order valence-corrected chi connectivity index (χ2v) is 4.87. The summed E-state index contributed by atoms with van der Waals surface area (Å²) in [5.41, 5.74) is 0.832. The fourth-order valence-corrected chi connectivity index (χ4v) is 2.61. The van der Waals surface area contributed by atoms with Gasteiger partial charge in [0.2, 0.25) is 0 Å². The quantitative estimate of drug-likeness (QED) is 0.791. The second-order valence-electron chi connectivity index (χ2n) is 4.87. The van der Waals surface area contributed by atoms with Crippen LogP contribution in [0.4, 0.5) is 5.82 Å². The Morgan fingerprint density at radius 2 is 2.05 bits per heavy atom. The minimum atomic E-state index is -0.932. The molecule has 0 saturated carbocycles. The molecule has 0 saturated heterocycles. The normalized spacial score (nSPS) is 11.1. The minimum Gasteiger partial charge on any atom is -0.477 e. The van der Waals surface area contributed by atoms with Gasteiger partial charge < -0.3 is 14.7 Å². The number of anilines is 1. The molecule has 0 aliphatic rings. The third-order valence-electron chi connectivity index (χ3n) is 3.60. The average molecular weight is 283 g/mol. The lowest BCUT2D eigenvalue weighted by atomic mass is 10.1. The lowest BCUT2D eigenvalue weighted by Crippen LogP contribution is -2.39. The first kappa shape index (κ1) is 16.5. The van der Waals surface area contributed by atoms with E-state index in [0.717, 1.165) is 12.8 Å². The van der Waals surface area contributed by atoms with Crippen LogP contribution in [0.1, 0.15) is 42.7 Å². The monoisotopic (exact) mass is 283 g/mol. The highest BCUT2D eigenvalue weighted by Crippen LogP contribution is 2.26. The van der Waals surface area contributed by atoms with E-state index in [1.807, 2.05) is 0 Å². The predicted molar refractivity (Wildman–Crippen MR) is 78.5 cm³/mol. The molecule has 0 atom stereocenters. The van der Waals surface area contributed by atoms with Crippen LogP contribution < -0.4 is 4.90 Å². The standard InChI is InChI=1S/C14H25N3O3/c1-6-11(7-2)17(8-9-20-5)13-12(14(18)19)10(3)15-16(13)4/h11H,6-9H2,1-5H3,(H,18,19). The number of ether oxygens (including phenoxy) is 1. The van der Waals surface area contributed by atoms with Gasteiger partial charge in [0.25, 0.3) is 0 Å². The molecular formula is C14H25N3O3. The number of carbonyl (C=O) groups is 1. The summed E-state index contributed by atoms with van der Waals surface area (Å²) in [6, 6.07) is 0.276. The van der Waals surface area contributed by atoms with Crippen molar-refractivity contribution in [3.05, 3.63) is 11.3 Å². The summed E-state index contributed by atoms with van der Waals surface area (Å²) >= 11 is 0. The molecule has 114 valence electrons. The fourth-order valence-electron chi connectivity index (χ4n) is 2.61. The number of hydrogen-bond acceptors (Lipinski definition) is 4. The molecule has 1 aromatic rings. The zero-order valence-corrected chi connectivity index (χ0v) is 13.0. The van der Waals surface area contributed by atoms with Crippen LogP contribution in [0.2, 0.25) is 0 Å². The maximum absolute atomic E-state index is 11.5. The number of carboxylic acids is 1. The molecule has 0 unspecified atom stereocenters. The van der Waals surface area contributed by atoms with Gasteiger partial charge in [0.15, 0.2) is 0 Å². The number of aryl methyl sites for hydroxylation is 2. The number of hydrogen-bond donors (Lipinski definition) is 1. The Bertz CT molecular complexity index is 453. The first-order valence-electron chi connectivity index (χ1n) is 7.00. The highest BCUT2D eigenvalue weighted by molar-refractivity contribution is 5.95. The van der Waals surface area contributed by atoms with E-state index in [4.69, 9.17) is 4.74 Å². The third kappa shape index (κ3) is 3.30. The molecule has 1 heterocycles. The zero-order valence-electron chi connectivity index (χ0n) is 13.0. The van der Waals surface area contributed by atoms with Crippen LogP contribution in [0, 0.1) is 6.92 Å². The molecule has 0 spiro atoms. The third-order valence-corrected chi connectivity index (χ3v) is 3.60. The Hall–Kier alpha value is -1.56. The Labute approximate surface area is 120 Å². The molecule has 0 aromatic carbocycles. The molecule has 0 aliphatic carbocycles. The number of nitrogens with zero attached hydrogens (tertiary/aromatic N) is 3. The summed E-state index contributed by atoms with van der Waals surface area (Å²) in [4.78, 5) is 13.6. The van der Waals surface area contributed by atoms with E-state index >= 15 is 0 Å². The summed E-state index contributed by atoms with van der Waals surface area (Å²) in [6.45, 7) is 7.16. The van der Waals surface area contributed by atoms with Crippen molar-refractivity contribution in [3.63, 3.8) is 0 Å². The van der Waals surface area contributed by atoms with Crippen LogP contribution in [-0.2, 0) is 11.8 Å². The molecule has 0 amide bonds. The van der Waals surface area contributed by atoms with E-state index in [2.05, 4.69) is 23.8 Å². The van der Waals surface area contributed by atoms with Gasteiger partial charge in [-0.3, -0.25) is 4.68 Å². The van der Waals surface area contributed by atoms with Crippen molar-refractivity contribution >= 4 is 11.8 Å². The SMILES string of the molecule is CCC(CC)N(CCOC)c1c(C(=O)O)c(C)nn1C. The van der Waals surface area contributed by atoms with E-state index in [1.54, 1.807) is 25.8 Å². The van der Waals surface area contributed by atoms with Crippen LogP contribution in [0.5, 0.6) is 0 Å². The largest absolute Gasteiger partial charge is 0.477 e. The van der Waals surface area contributed by atoms with Crippen molar-refractivity contribution in [2.75, 3.05) is 25.2 Å². The summed E-state index contributed by atoms with van der Waals surface area (Å²) in [5.74, 6) is -0.264. The average Bonchev–Trinajstić information content (AvgIpc) is 2.69. The van der Waals surface area contributed by atoms with Crippen molar-refractivity contribution in [1.82, 2.24) is 9.78 Å². The number of methoxy groups -OCH3 is 1. The first-order chi connectivity index (χ1) is 9.47. The molecule has 0 fully saturated rings. The first-order valence-corrected chi connectivity index (χ1v) is 7.00. The van der Waals surface area contributed by atoms with E-state index in [-0.39, 0.29) is 11.6 Å². The molecule has 0 radical (unpaired) electrons. The van der Waals surface area contributed by atoms with Gasteiger partial charge in [-0.15, -0.1) is 0 Å². The number of rotatable bonds is 8. The number of aromatic carboxylic acids is 1. The highest BCUT2D eigenvalue weighted by atomic mass is 16.5. The molecule has 20 heavy (non-hydrogen) atoms. The molecular weight excluding hydrogens is 258 g/mol. The molecule has 0 aliphatic heterocycles. The van der Waals surface area contributed by atoms with Crippen LogP contribution >= 0.6 is 0 Å². The predicted octanol–water partition coefficient (Wildman–Crippen LogP) is 2.07. The molecule has 1 rings (SSSR count). The molecule has 1 aromatic heterocycles. The topological polar surface area (TPSA) is 67.6 Å². The summed E-state index contributed by atoms with van der Waals surface area (Å²) < 4.78 is 6.82. The van der Waals surface area contributed by atoms with Crippen molar-refractivity contribution in [2.24, 2.45) is 7.05 Å². The maximum Gasteiger partial charge on any atom is 0.341 e. The maximum atomic E-state index is 11.5. The van der Waals surface area contributed by atoms with Gasteiger partial charge in [-0.05, 0) is 19.8 Å². The van der Waals surface area contributed by atoms with Gasteiger partial charge >= 0.3 is 5.97 Å². The van der Waals surface area contributed by atoms with Gasteiger partial charge in [-0.25, -0.2) is 4.79 Å². The lowest BCUT2D eigenvalue weighted by molar-refractivity contribution is 0.0696. The van der Waals surface area contributed by atoms with Crippen LogP contribution in [0.15, 0.2) is 0 Å². The van der Waals surface area contributed by atoms with Crippen LogP contribution in [-0.4, -0.2) is 47.2 Å². The van der Waals surface area contributed by atoms with E-state index in [9.17, 15) is 9.90 Å². The molecule has 6 nitrogen and oxygen atoms in total. The van der Waals surface area contributed by atoms with Crippen molar-refractivity contribution in [1.29, 1.82) is 0 Å². The molecule has 1 N–H and O–H groups in total. The van der Waals surface area contributed by atoms with Gasteiger partial charge in [0, 0.05) is 26.7 Å². The van der Waals surface area contributed by atoms with Crippen molar-refractivity contribution in [3.8, 4) is 0 Å². The van der Waals surface area contributed by atoms with Crippen LogP contribution in [0.25, 0.3) is 0 Å². The highest BCUT2D eigenvalue weighted by Gasteiger charge is 2.27. The zero-order chi connectivity index (χ0) is 15.3. The molecule has 0 bridgehead atoms. The molecule has 6 heteroatoms. The van der Waals surface area contributed by atoms with Crippen molar-refractivity contribution in [2.45, 2.75) is 39.7 Å². The van der Waals surface area contributed by atoms with Gasteiger partial charge in [-0.2, -0.15) is 5.10 Å².